The molecule has 0 bridgehead atoms. The lowest BCUT2D eigenvalue weighted by Gasteiger charge is -2.16. The summed E-state index contributed by atoms with van der Waals surface area (Å²) in [5.41, 5.74) is 6.35. The van der Waals surface area contributed by atoms with E-state index in [1.165, 1.54) is 27.1 Å². The molecule has 0 amide bonds. The number of hydrogen-bond acceptors (Lipinski definition) is 3. The summed E-state index contributed by atoms with van der Waals surface area (Å²) in [6, 6.07) is 19.5. The topological polar surface area (TPSA) is 38.7 Å². The summed E-state index contributed by atoms with van der Waals surface area (Å²) in [5.74, 6) is 1.11. The van der Waals surface area contributed by atoms with Crippen molar-refractivity contribution in [3.8, 4) is 11.3 Å². The Balaban J connectivity index is 1.97. The van der Waals surface area contributed by atoms with Crippen molar-refractivity contribution in [2.75, 3.05) is 0 Å². The van der Waals surface area contributed by atoms with E-state index in [4.69, 9.17) is 15.0 Å². The summed E-state index contributed by atoms with van der Waals surface area (Å²) < 4.78 is 0. The average molecular weight is 392 g/mol. The normalized spacial score (nSPS) is 11.8. The van der Waals surface area contributed by atoms with Crippen LogP contribution < -0.4 is 0 Å². The van der Waals surface area contributed by atoms with Gasteiger partial charge in [0.2, 0.25) is 0 Å². The smallest absolute Gasteiger partial charge is 0.132 e. The van der Waals surface area contributed by atoms with E-state index in [1.807, 2.05) is 6.92 Å². The average Bonchev–Trinajstić information content (AvgIpc) is 2.72. The molecule has 0 aliphatic rings. The van der Waals surface area contributed by atoms with Crippen molar-refractivity contribution in [2.24, 2.45) is 0 Å². The molecular weight excluding hydrogens is 366 g/mol. The zero-order valence-electron chi connectivity index (χ0n) is 18.1. The fourth-order valence-electron chi connectivity index (χ4n) is 4.41. The third-order valence-electron chi connectivity index (χ3n) is 5.90. The number of pyridine rings is 1. The monoisotopic (exact) mass is 391 g/mol. The van der Waals surface area contributed by atoms with Gasteiger partial charge in [-0.25, -0.2) is 9.97 Å². The van der Waals surface area contributed by atoms with Gasteiger partial charge in [-0.15, -0.1) is 0 Å². The van der Waals surface area contributed by atoms with Crippen molar-refractivity contribution >= 4 is 32.4 Å². The van der Waals surface area contributed by atoms with Crippen molar-refractivity contribution in [1.29, 1.82) is 0 Å². The zero-order chi connectivity index (χ0) is 21.0. The predicted octanol–water partition coefficient (Wildman–Crippen LogP) is 7.05. The van der Waals surface area contributed by atoms with E-state index in [9.17, 15) is 0 Å². The van der Waals surface area contributed by atoms with Crippen molar-refractivity contribution in [1.82, 2.24) is 15.0 Å². The van der Waals surface area contributed by atoms with Crippen molar-refractivity contribution in [3.63, 3.8) is 0 Å². The van der Waals surface area contributed by atoms with Crippen LogP contribution in [0, 0.1) is 20.8 Å². The fraction of sp³-hybridized carbons (Fsp3) is 0.222. The highest BCUT2D eigenvalue weighted by molar-refractivity contribution is 6.19. The first-order valence-corrected chi connectivity index (χ1v) is 10.5. The lowest BCUT2D eigenvalue weighted by molar-refractivity contribution is 0.785. The second-order valence-electron chi connectivity index (χ2n) is 8.47. The van der Waals surface area contributed by atoms with Crippen LogP contribution in [0.25, 0.3) is 43.7 Å². The van der Waals surface area contributed by atoms with Crippen LogP contribution in [0.3, 0.4) is 0 Å². The van der Waals surface area contributed by atoms with E-state index in [-0.39, 0.29) is 5.92 Å². The van der Waals surface area contributed by atoms with Crippen LogP contribution >= 0.6 is 0 Å². The van der Waals surface area contributed by atoms with Gasteiger partial charge < -0.3 is 0 Å². The lowest BCUT2D eigenvalue weighted by atomic mass is 9.94. The van der Waals surface area contributed by atoms with E-state index >= 15 is 0 Å². The molecule has 0 atom stereocenters. The largest absolute Gasteiger partial charge is 0.258 e. The fourth-order valence-corrected chi connectivity index (χ4v) is 4.41. The molecule has 3 aromatic carbocycles. The molecule has 148 valence electrons. The maximum atomic E-state index is 5.07. The van der Waals surface area contributed by atoms with E-state index in [1.54, 1.807) is 0 Å². The SMILES string of the molecule is Cc1ccc(-c2nc(C(C)C)nc3c2ccc2c4ccccc4cc(C)c23)c(C)n1. The first-order chi connectivity index (χ1) is 14.4. The number of hydrogen-bond donors (Lipinski definition) is 0. The minimum Gasteiger partial charge on any atom is -0.258 e. The summed E-state index contributed by atoms with van der Waals surface area (Å²) in [7, 11) is 0. The molecule has 0 unspecified atom stereocenters. The van der Waals surface area contributed by atoms with Gasteiger partial charge in [0.1, 0.15) is 5.82 Å². The molecule has 30 heavy (non-hydrogen) atoms. The Kier molecular flexibility index (Phi) is 4.28. The molecule has 3 heteroatoms. The van der Waals surface area contributed by atoms with Gasteiger partial charge in [0.05, 0.1) is 11.2 Å². The molecule has 5 rings (SSSR count). The van der Waals surface area contributed by atoms with Crippen molar-refractivity contribution in [2.45, 2.75) is 40.5 Å². The highest BCUT2D eigenvalue weighted by Gasteiger charge is 2.17. The third kappa shape index (κ3) is 2.85. The number of aromatic nitrogens is 3. The van der Waals surface area contributed by atoms with Gasteiger partial charge >= 0.3 is 0 Å². The molecule has 0 aliphatic heterocycles. The molecule has 2 aromatic heterocycles. The quantitative estimate of drug-likeness (QED) is 0.303. The van der Waals surface area contributed by atoms with Crippen molar-refractivity contribution < 1.29 is 0 Å². The van der Waals surface area contributed by atoms with Gasteiger partial charge in [0, 0.05) is 33.6 Å². The number of nitrogens with zero attached hydrogens (tertiary/aromatic N) is 3. The van der Waals surface area contributed by atoms with E-state index in [0.29, 0.717) is 0 Å². The summed E-state index contributed by atoms with van der Waals surface area (Å²) >= 11 is 0. The maximum absolute atomic E-state index is 5.07. The lowest BCUT2D eigenvalue weighted by Crippen LogP contribution is -2.03. The summed E-state index contributed by atoms with van der Waals surface area (Å²) in [4.78, 5) is 14.8. The van der Waals surface area contributed by atoms with Crippen LogP contribution in [0.2, 0.25) is 0 Å². The first kappa shape index (κ1) is 18.7. The number of aryl methyl sites for hydroxylation is 3. The highest BCUT2D eigenvalue weighted by Crippen LogP contribution is 2.37. The van der Waals surface area contributed by atoms with Gasteiger partial charge in [0.25, 0.3) is 0 Å². The van der Waals surface area contributed by atoms with Gasteiger partial charge in [-0.05, 0) is 60.7 Å². The predicted molar refractivity (Wildman–Crippen MR) is 126 cm³/mol. The van der Waals surface area contributed by atoms with Gasteiger partial charge in [-0.3, -0.25) is 4.98 Å². The van der Waals surface area contributed by atoms with E-state index in [0.717, 1.165) is 39.4 Å². The molecule has 0 fully saturated rings. The number of fused-ring (bicyclic) bond motifs is 5. The van der Waals surface area contributed by atoms with Crippen LogP contribution in [0.15, 0.2) is 54.6 Å². The van der Waals surface area contributed by atoms with E-state index < -0.39 is 0 Å². The summed E-state index contributed by atoms with van der Waals surface area (Å²) in [5, 5.41) is 6.07. The van der Waals surface area contributed by atoms with Crippen molar-refractivity contribution in [3.05, 3.63) is 77.4 Å². The molecule has 0 saturated carbocycles. The van der Waals surface area contributed by atoms with Crippen LogP contribution in [0.4, 0.5) is 0 Å². The number of benzene rings is 3. The standard InChI is InChI=1S/C27H25N3/c1-15(2)27-29-25(20-11-10-17(4)28-18(20)5)23-13-12-22-21-9-7-6-8-19(21)14-16(3)24(22)26(23)30-27/h6-15H,1-5H3. The molecule has 0 spiro atoms. The highest BCUT2D eigenvalue weighted by atomic mass is 14.9. The van der Waals surface area contributed by atoms with Gasteiger partial charge in [0.15, 0.2) is 0 Å². The Morgan fingerprint density at radius 2 is 1.50 bits per heavy atom. The number of rotatable bonds is 2. The van der Waals surface area contributed by atoms with Gasteiger partial charge in [-0.2, -0.15) is 0 Å². The van der Waals surface area contributed by atoms with Gasteiger partial charge in [-0.1, -0.05) is 50.2 Å². The Bertz CT molecular complexity index is 1450. The molecule has 0 radical (unpaired) electrons. The zero-order valence-corrected chi connectivity index (χ0v) is 18.1. The molecule has 3 nitrogen and oxygen atoms in total. The Morgan fingerprint density at radius 3 is 2.27 bits per heavy atom. The minimum atomic E-state index is 0.239. The maximum Gasteiger partial charge on any atom is 0.132 e. The first-order valence-electron chi connectivity index (χ1n) is 10.5. The molecular formula is C27H25N3. The minimum absolute atomic E-state index is 0.239. The Labute approximate surface area is 176 Å². The second kappa shape index (κ2) is 6.88. The van der Waals surface area contributed by atoms with E-state index in [2.05, 4.69) is 82.3 Å². The second-order valence-corrected chi connectivity index (χ2v) is 8.47. The molecule has 0 saturated heterocycles. The molecule has 2 heterocycles. The van der Waals surface area contributed by atoms with Crippen LogP contribution in [0.5, 0.6) is 0 Å². The van der Waals surface area contributed by atoms with Crippen LogP contribution in [-0.4, -0.2) is 15.0 Å². The summed E-state index contributed by atoms with van der Waals surface area (Å²) in [6.45, 7) is 10.6. The molecule has 0 N–H and O–H groups in total. The third-order valence-corrected chi connectivity index (χ3v) is 5.90. The Morgan fingerprint density at radius 1 is 0.733 bits per heavy atom. The Hall–Kier alpha value is -3.33. The molecule has 5 aromatic rings. The van der Waals surface area contributed by atoms with Crippen LogP contribution in [-0.2, 0) is 0 Å². The summed E-state index contributed by atoms with van der Waals surface area (Å²) in [6.07, 6.45) is 0. The van der Waals surface area contributed by atoms with Crippen LogP contribution in [0.1, 0.15) is 42.5 Å². The molecule has 0 aliphatic carbocycles.